The number of methoxy groups -OCH3 is 1. The largest absolute Gasteiger partial charge is 0.493 e. The Morgan fingerprint density at radius 3 is 2.71 bits per heavy atom. The lowest BCUT2D eigenvalue weighted by Crippen LogP contribution is -2.32. The maximum atomic E-state index is 12.9. The summed E-state index contributed by atoms with van der Waals surface area (Å²) in [5, 5.41) is 0. The summed E-state index contributed by atoms with van der Waals surface area (Å²) >= 11 is 0. The smallest absolute Gasteiger partial charge is 0.312 e. The summed E-state index contributed by atoms with van der Waals surface area (Å²) in [5.41, 5.74) is 0. The number of esters is 1. The molecule has 4 nitrogen and oxygen atoms in total. The van der Waals surface area contributed by atoms with E-state index in [2.05, 4.69) is 11.8 Å². The summed E-state index contributed by atoms with van der Waals surface area (Å²) < 4.78 is 23.4. The SMILES string of the molecule is CCN1CCC(C(COc2ccc(F)cc2)C(=O)OC)C1. The van der Waals surface area contributed by atoms with Gasteiger partial charge in [-0.25, -0.2) is 4.39 Å². The third-order valence-electron chi connectivity index (χ3n) is 4.07. The fourth-order valence-corrected chi connectivity index (χ4v) is 2.74. The standard InChI is InChI=1S/C16H22FNO3/c1-3-18-9-8-12(10-18)15(16(19)20-2)11-21-14-6-4-13(17)5-7-14/h4-7,12,15H,3,8-11H2,1-2H3. The molecule has 0 amide bonds. The van der Waals surface area contributed by atoms with Gasteiger partial charge in [-0.2, -0.15) is 0 Å². The van der Waals surface area contributed by atoms with E-state index in [1.807, 2.05) is 0 Å². The van der Waals surface area contributed by atoms with E-state index in [1.165, 1.54) is 19.2 Å². The van der Waals surface area contributed by atoms with Gasteiger partial charge in [-0.1, -0.05) is 6.92 Å². The van der Waals surface area contributed by atoms with Gasteiger partial charge in [0.15, 0.2) is 0 Å². The zero-order valence-corrected chi connectivity index (χ0v) is 12.5. The lowest BCUT2D eigenvalue weighted by molar-refractivity contribution is -0.148. The molecule has 0 aromatic heterocycles. The van der Waals surface area contributed by atoms with Crippen LogP contribution in [0.3, 0.4) is 0 Å². The number of nitrogens with zero attached hydrogens (tertiary/aromatic N) is 1. The number of halogens is 1. The Morgan fingerprint density at radius 1 is 1.43 bits per heavy atom. The van der Waals surface area contributed by atoms with Gasteiger partial charge in [-0.05, 0) is 49.7 Å². The number of carbonyl (C=O) groups is 1. The second kappa shape index (κ2) is 7.41. The first-order valence-electron chi connectivity index (χ1n) is 7.32. The molecule has 1 saturated heterocycles. The molecule has 1 aliphatic rings. The first-order chi connectivity index (χ1) is 10.1. The van der Waals surface area contributed by atoms with Crippen LogP contribution in [0.5, 0.6) is 5.75 Å². The van der Waals surface area contributed by atoms with Crippen molar-refractivity contribution in [3.63, 3.8) is 0 Å². The number of rotatable bonds is 6. The normalized spacial score (nSPS) is 20.2. The molecular formula is C16H22FNO3. The van der Waals surface area contributed by atoms with Gasteiger partial charge in [-0.15, -0.1) is 0 Å². The molecule has 2 rings (SSSR count). The average Bonchev–Trinajstić information content (AvgIpc) is 2.97. The third kappa shape index (κ3) is 4.17. The van der Waals surface area contributed by atoms with Crippen LogP contribution in [-0.4, -0.2) is 44.2 Å². The van der Waals surface area contributed by atoms with Crippen molar-refractivity contribution in [2.24, 2.45) is 11.8 Å². The highest BCUT2D eigenvalue weighted by molar-refractivity contribution is 5.73. The quantitative estimate of drug-likeness (QED) is 0.755. The molecule has 0 spiro atoms. The van der Waals surface area contributed by atoms with Gasteiger partial charge in [0.05, 0.1) is 13.0 Å². The van der Waals surface area contributed by atoms with Crippen molar-refractivity contribution in [1.82, 2.24) is 4.90 Å². The minimum absolute atomic E-state index is 0.236. The Balaban J connectivity index is 1.97. The molecular weight excluding hydrogens is 273 g/mol. The van der Waals surface area contributed by atoms with Crippen LogP contribution in [0.2, 0.25) is 0 Å². The van der Waals surface area contributed by atoms with E-state index in [1.54, 1.807) is 12.1 Å². The Kier molecular flexibility index (Phi) is 5.56. The molecule has 116 valence electrons. The molecule has 1 aliphatic heterocycles. The van der Waals surface area contributed by atoms with Crippen LogP contribution in [0.25, 0.3) is 0 Å². The minimum atomic E-state index is -0.304. The summed E-state index contributed by atoms with van der Waals surface area (Å²) in [5.74, 6) is -0.00795. The number of benzene rings is 1. The second-order valence-corrected chi connectivity index (χ2v) is 5.34. The number of hydrogen-bond donors (Lipinski definition) is 0. The van der Waals surface area contributed by atoms with Gasteiger partial charge in [0.25, 0.3) is 0 Å². The van der Waals surface area contributed by atoms with E-state index in [0.717, 1.165) is 26.1 Å². The summed E-state index contributed by atoms with van der Waals surface area (Å²) in [4.78, 5) is 14.3. The molecule has 1 aromatic rings. The summed E-state index contributed by atoms with van der Waals surface area (Å²) in [6.45, 7) is 5.27. The molecule has 5 heteroatoms. The summed E-state index contributed by atoms with van der Waals surface area (Å²) in [7, 11) is 1.40. The van der Waals surface area contributed by atoms with E-state index >= 15 is 0 Å². The molecule has 2 atom stereocenters. The van der Waals surface area contributed by atoms with Crippen molar-refractivity contribution in [3.05, 3.63) is 30.1 Å². The predicted molar refractivity (Wildman–Crippen MR) is 77.6 cm³/mol. The molecule has 1 heterocycles. The van der Waals surface area contributed by atoms with Gasteiger partial charge in [0.2, 0.25) is 0 Å². The van der Waals surface area contributed by atoms with Crippen LogP contribution in [0.4, 0.5) is 4.39 Å². The van der Waals surface area contributed by atoms with Crippen molar-refractivity contribution in [1.29, 1.82) is 0 Å². The molecule has 0 saturated carbocycles. The van der Waals surface area contributed by atoms with Crippen LogP contribution in [0.1, 0.15) is 13.3 Å². The zero-order valence-electron chi connectivity index (χ0n) is 12.5. The minimum Gasteiger partial charge on any atom is -0.493 e. The van der Waals surface area contributed by atoms with Gasteiger partial charge in [0, 0.05) is 6.54 Å². The first-order valence-corrected chi connectivity index (χ1v) is 7.32. The highest BCUT2D eigenvalue weighted by atomic mass is 19.1. The maximum absolute atomic E-state index is 12.9. The van der Waals surface area contributed by atoms with E-state index in [4.69, 9.17) is 9.47 Å². The monoisotopic (exact) mass is 295 g/mol. The van der Waals surface area contributed by atoms with Crippen molar-refractivity contribution in [3.8, 4) is 5.75 Å². The average molecular weight is 295 g/mol. The van der Waals surface area contributed by atoms with Gasteiger partial charge < -0.3 is 14.4 Å². The number of likely N-dealkylation sites (tertiary alicyclic amines) is 1. The van der Waals surface area contributed by atoms with Crippen LogP contribution >= 0.6 is 0 Å². The molecule has 0 N–H and O–H groups in total. The molecule has 2 unspecified atom stereocenters. The van der Waals surface area contributed by atoms with Gasteiger partial charge in [-0.3, -0.25) is 4.79 Å². The molecule has 0 radical (unpaired) electrons. The van der Waals surface area contributed by atoms with Gasteiger partial charge >= 0.3 is 5.97 Å². The number of hydrogen-bond acceptors (Lipinski definition) is 4. The van der Waals surface area contributed by atoms with Crippen molar-refractivity contribution in [2.75, 3.05) is 33.4 Å². The lowest BCUT2D eigenvalue weighted by Gasteiger charge is -2.22. The zero-order chi connectivity index (χ0) is 15.2. The molecule has 21 heavy (non-hydrogen) atoms. The maximum Gasteiger partial charge on any atom is 0.312 e. The van der Waals surface area contributed by atoms with Crippen molar-refractivity contribution >= 4 is 5.97 Å². The summed E-state index contributed by atoms with van der Waals surface area (Å²) in [6.07, 6.45) is 0.973. The fraction of sp³-hybridized carbons (Fsp3) is 0.562. The Hall–Kier alpha value is -1.62. The highest BCUT2D eigenvalue weighted by Crippen LogP contribution is 2.26. The van der Waals surface area contributed by atoms with E-state index in [9.17, 15) is 9.18 Å². The lowest BCUT2D eigenvalue weighted by atomic mass is 9.92. The summed E-state index contributed by atoms with van der Waals surface area (Å²) in [6, 6.07) is 5.82. The van der Waals surface area contributed by atoms with E-state index in [0.29, 0.717) is 5.75 Å². The highest BCUT2D eigenvalue weighted by Gasteiger charge is 2.34. The number of carbonyl (C=O) groups excluding carboxylic acids is 1. The Bertz CT molecular complexity index is 463. The second-order valence-electron chi connectivity index (χ2n) is 5.34. The van der Waals surface area contributed by atoms with Crippen molar-refractivity contribution in [2.45, 2.75) is 13.3 Å². The van der Waals surface area contributed by atoms with E-state index in [-0.39, 0.29) is 30.2 Å². The Labute approximate surface area is 124 Å². The predicted octanol–water partition coefficient (Wildman–Crippen LogP) is 2.34. The molecule has 1 aromatic carbocycles. The molecule has 1 fully saturated rings. The van der Waals surface area contributed by atoms with E-state index < -0.39 is 0 Å². The third-order valence-corrected chi connectivity index (χ3v) is 4.07. The number of ether oxygens (including phenoxy) is 2. The first kappa shape index (κ1) is 15.8. The van der Waals surface area contributed by atoms with Gasteiger partial charge in [0.1, 0.15) is 18.2 Å². The Morgan fingerprint density at radius 2 is 2.14 bits per heavy atom. The fourth-order valence-electron chi connectivity index (χ4n) is 2.74. The van der Waals surface area contributed by atoms with Crippen LogP contribution < -0.4 is 4.74 Å². The molecule has 0 bridgehead atoms. The van der Waals surface area contributed by atoms with Crippen LogP contribution in [0, 0.1) is 17.7 Å². The van der Waals surface area contributed by atoms with Crippen LogP contribution in [-0.2, 0) is 9.53 Å². The topological polar surface area (TPSA) is 38.8 Å². The van der Waals surface area contributed by atoms with Crippen LogP contribution in [0.15, 0.2) is 24.3 Å². The van der Waals surface area contributed by atoms with Crippen molar-refractivity contribution < 1.29 is 18.7 Å². The molecule has 0 aliphatic carbocycles.